The van der Waals surface area contributed by atoms with Crippen LogP contribution in [0.2, 0.25) is 5.02 Å². The Kier molecular flexibility index (Phi) is 6.80. The van der Waals surface area contributed by atoms with E-state index in [9.17, 15) is 13.2 Å². The molecule has 0 saturated heterocycles. The van der Waals surface area contributed by atoms with E-state index in [2.05, 4.69) is 0 Å². The van der Waals surface area contributed by atoms with Crippen molar-refractivity contribution in [1.82, 2.24) is 4.90 Å². The van der Waals surface area contributed by atoms with Crippen molar-refractivity contribution in [3.05, 3.63) is 95.0 Å². The highest BCUT2D eigenvalue weighted by atomic mass is 35.5. The van der Waals surface area contributed by atoms with Gasteiger partial charge in [-0.25, -0.2) is 8.42 Å². The molecule has 5 nitrogen and oxygen atoms in total. The number of nitrogens with zero attached hydrogens (tertiary/aromatic N) is 2. The molecule has 0 N–H and O–H groups in total. The van der Waals surface area contributed by atoms with Gasteiger partial charge in [0.05, 0.1) is 10.6 Å². The van der Waals surface area contributed by atoms with Crippen LogP contribution in [0.25, 0.3) is 0 Å². The number of para-hydroxylation sites is 1. The predicted molar refractivity (Wildman–Crippen MR) is 120 cm³/mol. The van der Waals surface area contributed by atoms with Gasteiger partial charge in [-0.2, -0.15) is 0 Å². The first kappa shape index (κ1) is 21.9. The second-order valence-electron chi connectivity index (χ2n) is 7.04. The zero-order valence-corrected chi connectivity index (χ0v) is 18.4. The fourth-order valence-corrected chi connectivity index (χ4v) is 4.48. The van der Waals surface area contributed by atoms with Gasteiger partial charge in [-0.05, 0) is 48.9 Å². The summed E-state index contributed by atoms with van der Waals surface area (Å²) >= 11 is 5.91. The smallest absolute Gasteiger partial charge is 0.264 e. The fraction of sp³-hybridized carbons (Fsp3) is 0.174. The molecule has 0 heterocycles. The van der Waals surface area contributed by atoms with Gasteiger partial charge in [0.25, 0.3) is 10.0 Å². The lowest BCUT2D eigenvalue weighted by molar-refractivity contribution is -0.128. The van der Waals surface area contributed by atoms with Crippen LogP contribution in [0.15, 0.2) is 83.8 Å². The van der Waals surface area contributed by atoms with Gasteiger partial charge in [0, 0.05) is 18.6 Å². The molecule has 1 amide bonds. The number of carbonyl (C=O) groups excluding carboxylic acids is 1. The molecule has 0 aliphatic carbocycles. The Labute approximate surface area is 182 Å². The van der Waals surface area contributed by atoms with Crippen LogP contribution in [0.4, 0.5) is 5.69 Å². The maximum Gasteiger partial charge on any atom is 0.264 e. The zero-order valence-electron chi connectivity index (χ0n) is 16.8. The summed E-state index contributed by atoms with van der Waals surface area (Å²) in [5, 5.41) is 0.618. The van der Waals surface area contributed by atoms with Gasteiger partial charge < -0.3 is 4.90 Å². The summed E-state index contributed by atoms with van der Waals surface area (Å²) in [4.78, 5) is 14.6. The maximum absolute atomic E-state index is 13.3. The third kappa shape index (κ3) is 5.20. The lowest BCUT2D eigenvalue weighted by Crippen LogP contribution is -2.41. The van der Waals surface area contributed by atoms with E-state index in [1.54, 1.807) is 73.8 Å². The molecule has 7 heteroatoms. The molecular weight excluding hydrogens is 420 g/mol. The maximum atomic E-state index is 13.3. The van der Waals surface area contributed by atoms with Crippen LogP contribution in [-0.4, -0.2) is 32.8 Å². The summed E-state index contributed by atoms with van der Waals surface area (Å²) < 4.78 is 27.8. The molecule has 0 aliphatic rings. The van der Waals surface area contributed by atoms with Crippen molar-refractivity contribution in [2.24, 2.45) is 0 Å². The Hall–Kier alpha value is -2.83. The van der Waals surface area contributed by atoms with Gasteiger partial charge >= 0.3 is 0 Å². The molecule has 0 fully saturated rings. The highest BCUT2D eigenvalue weighted by molar-refractivity contribution is 7.92. The molecule has 0 aromatic heterocycles. The minimum absolute atomic E-state index is 0.144. The quantitative estimate of drug-likeness (QED) is 0.541. The minimum Gasteiger partial charge on any atom is -0.340 e. The Balaban J connectivity index is 1.86. The number of aryl methyl sites for hydroxylation is 1. The van der Waals surface area contributed by atoms with Crippen LogP contribution in [-0.2, 0) is 21.4 Å². The Bertz CT molecular complexity index is 1100. The average Bonchev–Trinajstić information content (AvgIpc) is 2.74. The molecule has 3 aromatic rings. The SMILES string of the molecule is Cc1ccc(S(=O)(=O)N(CC(=O)N(C)Cc2ccc(Cl)cc2)c2ccccc2)cc1. The molecule has 0 radical (unpaired) electrons. The highest BCUT2D eigenvalue weighted by Gasteiger charge is 2.28. The minimum atomic E-state index is -3.91. The normalized spacial score (nSPS) is 11.2. The molecule has 0 bridgehead atoms. The van der Waals surface area contributed by atoms with Crippen LogP contribution in [0.3, 0.4) is 0 Å². The van der Waals surface area contributed by atoms with Gasteiger partial charge in [-0.15, -0.1) is 0 Å². The molecule has 0 atom stereocenters. The Morgan fingerprint density at radius 1 is 0.900 bits per heavy atom. The topological polar surface area (TPSA) is 57.7 Å². The summed E-state index contributed by atoms with van der Waals surface area (Å²) in [5.41, 5.74) is 2.30. The van der Waals surface area contributed by atoms with Crippen LogP contribution in [0.5, 0.6) is 0 Å². The Morgan fingerprint density at radius 2 is 1.50 bits per heavy atom. The van der Waals surface area contributed by atoms with Crippen LogP contribution in [0.1, 0.15) is 11.1 Å². The Morgan fingerprint density at radius 3 is 2.10 bits per heavy atom. The van der Waals surface area contributed by atoms with Gasteiger partial charge in [0.1, 0.15) is 6.54 Å². The summed E-state index contributed by atoms with van der Waals surface area (Å²) in [7, 11) is -2.26. The van der Waals surface area contributed by atoms with Crippen molar-refractivity contribution in [2.45, 2.75) is 18.4 Å². The molecule has 0 spiro atoms. The van der Waals surface area contributed by atoms with Gasteiger partial charge in [0.15, 0.2) is 0 Å². The lowest BCUT2D eigenvalue weighted by atomic mass is 10.2. The van der Waals surface area contributed by atoms with E-state index in [1.165, 1.54) is 4.90 Å². The van der Waals surface area contributed by atoms with Crippen LogP contribution in [0, 0.1) is 6.92 Å². The van der Waals surface area contributed by atoms with Crippen molar-refractivity contribution in [3.63, 3.8) is 0 Å². The summed E-state index contributed by atoms with van der Waals surface area (Å²) in [5.74, 6) is -0.315. The average molecular weight is 443 g/mol. The number of anilines is 1. The van der Waals surface area contributed by atoms with E-state index in [0.29, 0.717) is 17.3 Å². The van der Waals surface area contributed by atoms with Gasteiger partial charge in [0.2, 0.25) is 5.91 Å². The first-order valence-electron chi connectivity index (χ1n) is 9.40. The lowest BCUT2D eigenvalue weighted by Gasteiger charge is -2.26. The van der Waals surface area contributed by atoms with Crippen molar-refractivity contribution in [3.8, 4) is 0 Å². The summed E-state index contributed by atoms with van der Waals surface area (Å²) in [6, 6.07) is 22.4. The largest absolute Gasteiger partial charge is 0.340 e. The molecule has 3 aromatic carbocycles. The zero-order chi connectivity index (χ0) is 21.7. The molecule has 0 unspecified atom stereocenters. The van der Waals surface area contributed by atoms with E-state index in [1.807, 2.05) is 19.1 Å². The molecule has 156 valence electrons. The number of hydrogen-bond acceptors (Lipinski definition) is 3. The molecular formula is C23H23ClN2O3S. The van der Waals surface area contributed by atoms with E-state index in [-0.39, 0.29) is 17.3 Å². The van der Waals surface area contributed by atoms with Crippen LogP contribution >= 0.6 is 11.6 Å². The first-order valence-corrected chi connectivity index (χ1v) is 11.2. The van der Waals surface area contributed by atoms with Crippen molar-refractivity contribution < 1.29 is 13.2 Å². The van der Waals surface area contributed by atoms with Gasteiger partial charge in [-0.3, -0.25) is 9.10 Å². The van der Waals surface area contributed by atoms with E-state index >= 15 is 0 Å². The summed E-state index contributed by atoms with van der Waals surface area (Å²) in [6.45, 7) is 1.94. The number of carbonyl (C=O) groups is 1. The van der Waals surface area contributed by atoms with E-state index in [4.69, 9.17) is 11.6 Å². The molecule has 3 rings (SSSR count). The van der Waals surface area contributed by atoms with E-state index in [0.717, 1.165) is 15.4 Å². The summed E-state index contributed by atoms with van der Waals surface area (Å²) in [6.07, 6.45) is 0. The number of rotatable bonds is 7. The van der Waals surface area contributed by atoms with Crippen molar-refractivity contribution in [1.29, 1.82) is 0 Å². The number of halogens is 1. The van der Waals surface area contributed by atoms with Crippen molar-refractivity contribution in [2.75, 3.05) is 17.9 Å². The third-order valence-corrected chi connectivity index (χ3v) is 6.73. The first-order chi connectivity index (χ1) is 14.3. The standard InChI is InChI=1S/C23H23ClN2O3S/c1-18-8-14-22(15-9-18)30(28,29)26(21-6-4-3-5-7-21)17-23(27)25(2)16-19-10-12-20(24)13-11-19/h3-15H,16-17H2,1-2H3. The number of amides is 1. The monoisotopic (exact) mass is 442 g/mol. The second kappa shape index (κ2) is 9.32. The second-order valence-corrected chi connectivity index (χ2v) is 9.34. The van der Waals surface area contributed by atoms with Gasteiger partial charge in [-0.1, -0.05) is 59.6 Å². The molecule has 0 saturated carbocycles. The van der Waals surface area contributed by atoms with Crippen molar-refractivity contribution >= 4 is 33.2 Å². The van der Waals surface area contributed by atoms with E-state index < -0.39 is 10.0 Å². The number of benzene rings is 3. The molecule has 0 aliphatic heterocycles. The number of hydrogen-bond donors (Lipinski definition) is 0. The number of likely N-dealkylation sites (N-methyl/N-ethyl adjacent to an activating group) is 1. The predicted octanol–water partition coefficient (Wildman–Crippen LogP) is 4.50. The fourth-order valence-electron chi connectivity index (χ4n) is 2.94. The number of sulfonamides is 1. The highest BCUT2D eigenvalue weighted by Crippen LogP contribution is 2.24. The van der Waals surface area contributed by atoms with Crippen LogP contribution < -0.4 is 4.31 Å². The third-order valence-electron chi connectivity index (χ3n) is 4.69. The molecule has 30 heavy (non-hydrogen) atoms.